The molecule has 7 nitrogen and oxygen atoms in total. The highest BCUT2D eigenvalue weighted by atomic mass is 32.2. The molecule has 140 valence electrons. The van der Waals surface area contributed by atoms with Crippen molar-refractivity contribution in [3.63, 3.8) is 0 Å². The number of nitrogens with zero attached hydrogens (tertiary/aromatic N) is 2. The van der Waals surface area contributed by atoms with Crippen molar-refractivity contribution >= 4 is 27.3 Å². The third-order valence-corrected chi connectivity index (χ3v) is 6.37. The monoisotopic (exact) mass is 396 g/mol. The van der Waals surface area contributed by atoms with Gasteiger partial charge in [-0.2, -0.15) is 4.31 Å². The third-order valence-electron chi connectivity index (χ3n) is 4.15. The van der Waals surface area contributed by atoms with Gasteiger partial charge in [0.1, 0.15) is 23.4 Å². The van der Waals surface area contributed by atoms with E-state index in [4.69, 9.17) is 9.47 Å². The smallest absolute Gasteiger partial charge is 0.324 e. The van der Waals surface area contributed by atoms with Crippen LogP contribution >= 0.6 is 11.3 Å². The number of aromatic nitrogens is 1. The summed E-state index contributed by atoms with van der Waals surface area (Å²) in [5.74, 6) is 0.194. The molecule has 0 unspecified atom stereocenters. The van der Waals surface area contributed by atoms with Crippen molar-refractivity contribution in [1.29, 1.82) is 0 Å². The van der Waals surface area contributed by atoms with Crippen LogP contribution in [0.4, 0.5) is 0 Å². The summed E-state index contributed by atoms with van der Waals surface area (Å²) < 4.78 is 35.3. The molecule has 0 aliphatic carbocycles. The lowest BCUT2D eigenvalue weighted by Crippen LogP contribution is -2.40. The van der Waals surface area contributed by atoms with Crippen molar-refractivity contribution in [2.75, 3.05) is 19.9 Å². The number of methoxy groups -OCH3 is 1. The quantitative estimate of drug-likeness (QED) is 0.697. The molecular weight excluding hydrogens is 376 g/mol. The number of esters is 1. The third kappa shape index (κ3) is 4.05. The van der Waals surface area contributed by atoms with Crippen molar-refractivity contribution in [2.24, 2.45) is 0 Å². The van der Waals surface area contributed by atoms with Gasteiger partial charge in [0.05, 0.1) is 24.6 Å². The van der Waals surface area contributed by atoms with Crippen molar-refractivity contribution in [3.8, 4) is 16.3 Å². The number of hydrogen-bond acceptors (Lipinski definition) is 7. The van der Waals surface area contributed by atoms with E-state index in [-0.39, 0.29) is 6.61 Å². The molecule has 1 aliphatic rings. The highest BCUT2D eigenvalue weighted by Gasteiger charge is 2.37. The normalized spacial score (nSPS) is 18.0. The molecule has 0 amide bonds. The van der Waals surface area contributed by atoms with Gasteiger partial charge in [-0.1, -0.05) is 12.1 Å². The minimum atomic E-state index is -3.41. The lowest BCUT2D eigenvalue weighted by molar-refractivity contribution is -0.148. The first-order chi connectivity index (χ1) is 12.4. The Morgan fingerprint density at radius 2 is 2.15 bits per heavy atom. The average Bonchev–Trinajstić information content (AvgIpc) is 3.28. The van der Waals surface area contributed by atoms with E-state index in [1.54, 1.807) is 7.11 Å². The number of thiazole rings is 1. The first kappa shape index (κ1) is 18.8. The first-order valence-corrected chi connectivity index (χ1v) is 10.8. The molecule has 3 rings (SSSR count). The van der Waals surface area contributed by atoms with Crippen LogP contribution in [0.1, 0.15) is 18.5 Å². The van der Waals surface area contributed by atoms with E-state index in [0.29, 0.717) is 25.1 Å². The lowest BCUT2D eigenvalue weighted by atomic mass is 10.2. The van der Waals surface area contributed by atoms with E-state index < -0.39 is 22.0 Å². The van der Waals surface area contributed by atoms with Gasteiger partial charge in [-0.3, -0.25) is 4.79 Å². The van der Waals surface area contributed by atoms with Crippen LogP contribution in [0.2, 0.25) is 0 Å². The summed E-state index contributed by atoms with van der Waals surface area (Å²) in [7, 11) is -1.81. The fourth-order valence-electron chi connectivity index (χ4n) is 2.93. The summed E-state index contributed by atoms with van der Waals surface area (Å²) in [6, 6.07) is 6.82. The summed E-state index contributed by atoms with van der Waals surface area (Å²) in [5, 5.41) is 2.59. The Balaban J connectivity index is 1.66. The highest BCUT2D eigenvalue weighted by molar-refractivity contribution is 7.88. The van der Waals surface area contributed by atoms with Gasteiger partial charge < -0.3 is 9.47 Å². The number of carbonyl (C=O) groups excluding carboxylic acids is 1. The van der Waals surface area contributed by atoms with Gasteiger partial charge >= 0.3 is 5.97 Å². The molecule has 9 heteroatoms. The minimum Gasteiger partial charge on any atom is -0.496 e. The maximum atomic E-state index is 12.3. The standard InChI is InChI=1S/C17H20N2O5S2/c1-23-15-8-4-3-6-13(15)16-18-12(11-25-16)10-24-17(20)14-7-5-9-19(14)26(2,21)22/h3-4,6,8,11,14H,5,7,9-10H2,1-2H3/t14-/m0/s1. The second kappa shape index (κ2) is 7.73. The van der Waals surface area contributed by atoms with E-state index in [9.17, 15) is 13.2 Å². The number of ether oxygens (including phenoxy) is 2. The van der Waals surface area contributed by atoms with E-state index in [2.05, 4.69) is 4.98 Å². The molecule has 1 aliphatic heterocycles. The van der Waals surface area contributed by atoms with Crippen molar-refractivity contribution in [1.82, 2.24) is 9.29 Å². The summed E-state index contributed by atoms with van der Waals surface area (Å²) in [4.78, 5) is 16.8. The van der Waals surface area contributed by atoms with Gasteiger partial charge in [0.25, 0.3) is 0 Å². The number of carbonyl (C=O) groups is 1. The molecule has 1 aromatic heterocycles. The molecule has 0 saturated carbocycles. The SMILES string of the molecule is COc1ccccc1-c1nc(COC(=O)[C@@H]2CCCN2S(C)(=O)=O)cs1. The fraction of sp³-hybridized carbons (Fsp3) is 0.412. The maximum absolute atomic E-state index is 12.3. The summed E-state index contributed by atoms with van der Waals surface area (Å²) in [5.41, 5.74) is 1.49. The predicted octanol–water partition coefficient (Wildman–Crippen LogP) is 2.29. The largest absolute Gasteiger partial charge is 0.496 e. The summed E-state index contributed by atoms with van der Waals surface area (Å²) in [6.07, 6.45) is 2.25. The Kier molecular flexibility index (Phi) is 5.59. The van der Waals surface area contributed by atoms with Crippen molar-refractivity contribution in [3.05, 3.63) is 35.3 Å². The van der Waals surface area contributed by atoms with E-state index in [0.717, 1.165) is 22.6 Å². The topological polar surface area (TPSA) is 85.8 Å². The second-order valence-corrected chi connectivity index (χ2v) is 8.78. The Hall–Kier alpha value is -1.97. The molecule has 1 saturated heterocycles. The highest BCUT2D eigenvalue weighted by Crippen LogP contribution is 2.32. The maximum Gasteiger partial charge on any atom is 0.324 e. The molecule has 1 fully saturated rings. The molecule has 2 heterocycles. The Labute approximate surface area is 156 Å². The molecule has 2 aromatic rings. The van der Waals surface area contributed by atoms with Crippen LogP contribution in [0.25, 0.3) is 10.6 Å². The van der Waals surface area contributed by atoms with E-state index >= 15 is 0 Å². The van der Waals surface area contributed by atoms with Crippen LogP contribution in [-0.4, -0.2) is 49.6 Å². The van der Waals surface area contributed by atoms with Gasteiger partial charge in [-0.05, 0) is 25.0 Å². The van der Waals surface area contributed by atoms with Crippen molar-refractivity contribution in [2.45, 2.75) is 25.5 Å². The van der Waals surface area contributed by atoms with Crippen LogP contribution < -0.4 is 4.74 Å². The van der Waals surface area contributed by atoms with E-state index in [1.807, 2.05) is 29.6 Å². The molecule has 0 spiro atoms. The van der Waals surface area contributed by atoms with Gasteiger partial charge in [0, 0.05) is 11.9 Å². The number of benzene rings is 1. The molecule has 0 N–H and O–H groups in total. The molecule has 0 bridgehead atoms. The zero-order valence-electron chi connectivity index (χ0n) is 14.5. The number of para-hydroxylation sites is 1. The Morgan fingerprint density at radius 1 is 1.38 bits per heavy atom. The average molecular weight is 396 g/mol. The van der Waals surface area contributed by atoms with Gasteiger partial charge in [-0.25, -0.2) is 13.4 Å². The molecule has 1 aromatic carbocycles. The van der Waals surface area contributed by atoms with Gasteiger partial charge in [0.15, 0.2) is 0 Å². The van der Waals surface area contributed by atoms with Crippen LogP contribution in [0.5, 0.6) is 5.75 Å². The summed E-state index contributed by atoms with van der Waals surface area (Å²) in [6.45, 7) is 0.367. The lowest BCUT2D eigenvalue weighted by Gasteiger charge is -2.20. The van der Waals surface area contributed by atoms with Gasteiger partial charge in [-0.15, -0.1) is 11.3 Å². The predicted molar refractivity (Wildman–Crippen MR) is 98.5 cm³/mol. The minimum absolute atomic E-state index is 0.0125. The van der Waals surface area contributed by atoms with Crippen LogP contribution in [-0.2, 0) is 26.2 Å². The van der Waals surface area contributed by atoms with E-state index in [1.165, 1.54) is 15.6 Å². The Bertz CT molecular complexity index is 894. The number of sulfonamides is 1. The number of hydrogen-bond donors (Lipinski definition) is 0. The Morgan fingerprint density at radius 3 is 2.88 bits per heavy atom. The number of rotatable bonds is 6. The van der Waals surface area contributed by atoms with Crippen LogP contribution in [0.3, 0.4) is 0 Å². The molecular formula is C17H20N2O5S2. The van der Waals surface area contributed by atoms with Crippen LogP contribution in [0, 0.1) is 0 Å². The molecule has 1 atom stereocenters. The molecule has 0 radical (unpaired) electrons. The summed E-state index contributed by atoms with van der Waals surface area (Å²) >= 11 is 1.43. The zero-order valence-corrected chi connectivity index (χ0v) is 16.2. The fourth-order valence-corrected chi connectivity index (χ4v) is 4.88. The van der Waals surface area contributed by atoms with Gasteiger partial charge in [0.2, 0.25) is 10.0 Å². The van der Waals surface area contributed by atoms with Crippen LogP contribution in [0.15, 0.2) is 29.6 Å². The van der Waals surface area contributed by atoms with Crippen molar-refractivity contribution < 1.29 is 22.7 Å². The first-order valence-electron chi connectivity index (χ1n) is 8.11. The molecule has 26 heavy (non-hydrogen) atoms. The second-order valence-electron chi connectivity index (χ2n) is 5.98. The zero-order chi connectivity index (χ0) is 18.7.